The van der Waals surface area contributed by atoms with Crippen LogP contribution in [-0.4, -0.2) is 17.7 Å². The second-order valence-corrected chi connectivity index (χ2v) is 4.82. The van der Waals surface area contributed by atoms with Crippen LogP contribution in [0, 0.1) is 5.92 Å². The lowest BCUT2D eigenvalue weighted by Gasteiger charge is -2.32. The van der Waals surface area contributed by atoms with Crippen LogP contribution in [0.5, 0.6) is 0 Å². The molecular weight excluding hydrogens is 232 g/mol. The molecule has 1 aromatic carbocycles. The second kappa shape index (κ2) is 4.80. The fourth-order valence-corrected chi connectivity index (χ4v) is 1.94. The molecule has 0 aliphatic carbocycles. The molecule has 0 atom stereocenters. The smallest absolute Gasteiger partial charge is 0.323 e. The van der Waals surface area contributed by atoms with Crippen molar-refractivity contribution in [2.24, 2.45) is 5.92 Å². The minimum absolute atomic E-state index is 0.414. The number of benzene rings is 1. The zero-order valence-electron chi connectivity index (χ0n) is 10.5. The number of aryl methyl sites for hydroxylation is 1. The Morgan fingerprint density at radius 2 is 1.61 bits per heavy atom. The van der Waals surface area contributed by atoms with Gasteiger partial charge in [-0.05, 0) is 18.4 Å². The Kier molecular flexibility index (Phi) is 3.36. The molecule has 4 nitrogen and oxygen atoms in total. The van der Waals surface area contributed by atoms with Crippen LogP contribution in [0.2, 0.25) is 0 Å². The molecule has 1 fully saturated rings. The summed E-state index contributed by atoms with van der Waals surface area (Å²) in [6, 6.07) is 9.70. The van der Waals surface area contributed by atoms with Crippen LogP contribution in [0.25, 0.3) is 0 Å². The SMILES string of the molecule is CC1(C)OC(=O)C(CCc2ccccc2)C(=O)O1. The number of hydrogen-bond acceptors (Lipinski definition) is 4. The molecular formula is C14H16O4. The molecule has 1 aliphatic rings. The van der Waals surface area contributed by atoms with Crippen molar-refractivity contribution in [3.05, 3.63) is 35.9 Å². The van der Waals surface area contributed by atoms with Gasteiger partial charge >= 0.3 is 11.9 Å². The first-order chi connectivity index (χ1) is 8.48. The topological polar surface area (TPSA) is 52.6 Å². The van der Waals surface area contributed by atoms with E-state index < -0.39 is 23.6 Å². The van der Waals surface area contributed by atoms with Crippen LogP contribution in [0.15, 0.2) is 30.3 Å². The Labute approximate surface area is 106 Å². The third-order valence-corrected chi connectivity index (χ3v) is 2.83. The van der Waals surface area contributed by atoms with E-state index in [-0.39, 0.29) is 0 Å². The number of hydrogen-bond donors (Lipinski definition) is 0. The first-order valence-electron chi connectivity index (χ1n) is 5.97. The molecule has 1 aromatic rings. The van der Waals surface area contributed by atoms with E-state index in [1.54, 1.807) is 13.8 Å². The van der Waals surface area contributed by atoms with Gasteiger partial charge in [-0.25, -0.2) is 0 Å². The van der Waals surface area contributed by atoms with Gasteiger partial charge in [0.05, 0.1) is 0 Å². The molecule has 0 saturated carbocycles. The van der Waals surface area contributed by atoms with Crippen molar-refractivity contribution in [3.63, 3.8) is 0 Å². The van der Waals surface area contributed by atoms with Crippen LogP contribution < -0.4 is 0 Å². The van der Waals surface area contributed by atoms with Gasteiger partial charge in [-0.2, -0.15) is 0 Å². The number of carbonyl (C=O) groups is 2. The van der Waals surface area contributed by atoms with Crippen LogP contribution in [0.1, 0.15) is 25.8 Å². The highest BCUT2D eigenvalue weighted by Gasteiger charge is 2.42. The summed E-state index contributed by atoms with van der Waals surface area (Å²) < 4.78 is 10.1. The highest BCUT2D eigenvalue weighted by Crippen LogP contribution is 2.25. The van der Waals surface area contributed by atoms with Gasteiger partial charge in [0.15, 0.2) is 5.92 Å². The summed E-state index contributed by atoms with van der Waals surface area (Å²) in [5.41, 5.74) is 1.09. The lowest BCUT2D eigenvalue weighted by molar-refractivity contribution is -0.240. The average Bonchev–Trinajstić information content (AvgIpc) is 2.27. The van der Waals surface area contributed by atoms with E-state index in [1.165, 1.54) is 0 Å². The van der Waals surface area contributed by atoms with Crippen molar-refractivity contribution < 1.29 is 19.1 Å². The van der Waals surface area contributed by atoms with Gasteiger partial charge in [0.25, 0.3) is 5.79 Å². The quantitative estimate of drug-likeness (QED) is 0.607. The molecule has 1 heterocycles. The Morgan fingerprint density at radius 3 is 2.17 bits per heavy atom. The average molecular weight is 248 g/mol. The zero-order valence-corrected chi connectivity index (χ0v) is 10.5. The molecule has 0 unspecified atom stereocenters. The fourth-order valence-electron chi connectivity index (χ4n) is 1.94. The predicted molar refractivity (Wildman–Crippen MR) is 64.5 cm³/mol. The van der Waals surface area contributed by atoms with Crippen molar-refractivity contribution in [2.75, 3.05) is 0 Å². The minimum Gasteiger partial charge on any atom is -0.422 e. The summed E-state index contributed by atoms with van der Waals surface area (Å²) in [4.78, 5) is 23.4. The Morgan fingerprint density at radius 1 is 1.06 bits per heavy atom. The van der Waals surface area contributed by atoms with Gasteiger partial charge in [0, 0.05) is 13.8 Å². The Hall–Kier alpha value is -1.84. The first kappa shape index (κ1) is 12.6. The fraction of sp³-hybridized carbons (Fsp3) is 0.429. The van der Waals surface area contributed by atoms with Crippen molar-refractivity contribution in [1.82, 2.24) is 0 Å². The highest BCUT2D eigenvalue weighted by molar-refractivity contribution is 5.96. The third kappa shape index (κ3) is 2.88. The first-order valence-corrected chi connectivity index (χ1v) is 5.97. The van der Waals surface area contributed by atoms with Crippen LogP contribution in [0.4, 0.5) is 0 Å². The molecule has 1 saturated heterocycles. The van der Waals surface area contributed by atoms with Gasteiger partial charge in [-0.15, -0.1) is 0 Å². The van der Waals surface area contributed by atoms with Gasteiger partial charge in [-0.1, -0.05) is 30.3 Å². The molecule has 0 aromatic heterocycles. The normalized spacial score (nSPS) is 19.2. The predicted octanol–water partition coefficient (Wildman–Crippen LogP) is 2.07. The number of esters is 2. The van der Waals surface area contributed by atoms with Crippen molar-refractivity contribution in [2.45, 2.75) is 32.5 Å². The van der Waals surface area contributed by atoms with Gasteiger partial charge < -0.3 is 9.47 Å². The molecule has 18 heavy (non-hydrogen) atoms. The molecule has 0 N–H and O–H groups in total. The van der Waals surface area contributed by atoms with Crippen LogP contribution in [0.3, 0.4) is 0 Å². The summed E-state index contributed by atoms with van der Waals surface area (Å²) in [6.45, 7) is 3.10. The van der Waals surface area contributed by atoms with E-state index in [0.29, 0.717) is 12.8 Å². The van der Waals surface area contributed by atoms with Crippen molar-refractivity contribution in [3.8, 4) is 0 Å². The number of carbonyl (C=O) groups excluding carboxylic acids is 2. The minimum atomic E-state index is -1.14. The number of ether oxygens (including phenoxy) is 2. The van der Waals surface area contributed by atoms with E-state index in [2.05, 4.69) is 0 Å². The summed E-state index contributed by atoms with van der Waals surface area (Å²) in [5, 5.41) is 0. The van der Waals surface area contributed by atoms with Crippen molar-refractivity contribution in [1.29, 1.82) is 0 Å². The lowest BCUT2D eigenvalue weighted by Crippen LogP contribution is -2.46. The molecule has 4 heteroatoms. The molecule has 1 aliphatic heterocycles. The van der Waals surface area contributed by atoms with Crippen LogP contribution >= 0.6 is 0 Å². The second-order valence-electron chi connectivity index (χ2n) is 4.82. The van der Waals surface area contributed by atoms with Gasteiger partial charge in [0.2, 0.25) is 0 Å². The molecule has 0 radical (unpaired) electrons. The molecule has 96 valence electrons. The third-order valence-electron chi connectivity index (χ3n) is 2.83. The maximum Gasteiger partial charge on any atom is 0.323 e. The molecule has 0 amide bonds. The number of cyclic esters (lactones) is 2. The molecule has 0 bridgehead atoms. The van der Waals surface area contributed by atoms with E-state index in [1.807, 2.05) is 30.3 Å². The van der Waals surface area contributed by atoms with E-state index in [0.717, 1.165) is 5.56 Å². The van der Waals surface area contributed by atoms with Gasteiger partial charge in [0.1, 0.15) is 0 Å². The number of rotatable bonds is 3. The highest BCUT2D eigenvalue weighted by atomic mass is 16.7. The van der Waals surface area contributed by atoms with E-state index in [4.69, 9.17) is 9.47 Å². The Balaban J connectivity index is 1.98. The largest absolute Gasteiger partial charge is 0.422 e. The van der Waals surface area contributed by atoms with E-state index >= 15 is 0 Å². The monoisotopic (exact) mass is 248 g/mol. The van der Waals surface area contributed by atoms with E-state index in [9.17, 15) is 9.59 Å². The lowest BCUT2D eigenvalue weighted by atomic mass is 9.98. The maximum atomic E-state index is 11.7. The molecule has 0 spiro atoms. The summed E-state index contributed by atoms with van der Waals surface area (Å²) in [6.07, 6.45) is 1.06. The summed E-state index contributed by atoms with van der Waals surface area (Å²) >= 11 is 0. The Bertz CT molecular complexity index is 430. The van der Waals surface area contributed by atoms with Crippen LogP contribution in [-0.2, 0) is 25.5 Å². The molecule has 2 rings (SSSR count). The standard InChI is InChI=1S/C14H16O4/c1-14(2)17-12(15)11(13(16)18-14)9-8-10-6-4-3-5-7-10/h3-7,11H,8-9H2,1-2H3. The summed E-state index contributed by atoms with van der Waals surface area (Å²) in [5.74, 6) is -2.94. The maximum absolute atomic E-state index is 11.7. The summed E-state index contributed by atoms with van der Waals surface area (Å²) in [7, 11) is 0. The zero-order chi connectivity index (χ0) is 13.2. The van der Waals surface area contributed by atoms with Gasteiger partial charge in [-0.3, -0.25) is 9.59 Å². The van der Waals surface area contributed by atoms with Crippen molar-refractivity contribution >= 4 is 11.9 Å².